The number of aromatic nitrogens is 2. The number of hydrogen-bond acceptors (Lipinski definition) is 3. The van der Waals surface area contributed by atoms with Crippen LogP contribution in [0.4, 0.5) is 0 Å². The van der Waals surface area contributed by atoms with Crippen LogP contribution in [0.3, 0.4) is 0 Å². The third-order valence-electron chi connectivity index (χ3n) is 3.32. The molecule has 2 N–H and O–H groups in total. The standard InChI is InChI=1S/C13H18BrN3O/c1-3-17-11(13(14)8(2)16-17)7-12(18)9-4-5-10(15)6-9/h4-5,9-10H,3,6-7,15H2,1-2H3. The maximum absolute atomic E-state index is 12.2. The molecular weight excluding hydrogens is 294 g/mol. The molecule has 0 saturated carbocycles. The SMILES string of the molecule is CCn1nc(C)c(Br)c1CC(=O)C1C=CC(N)C1. The molecule has 0 spiro atoms. The maximum atomic E-state index is 12.2. The third-order valence-corrected chi connectivity index (χ3v) is 4.36. The van der Waals surface area contributed by atoms with Gasteiger partial charge in [-0.15, -0.1) is 0 Å². The van der Waals surface area contributed by atoms with E-state index in [0.717, 1.165) is 28.8 Å². The minimum absolute atomic E-state index is 0.0280. The van der Waals surface area contributed by atoms with Crippen LogP contribution >= 0.6 is 15.9 Å². The molecule has 0 amide bonds. The highest BCUT2D eigenvalue weighted by atomic mass is 79.9. The zero-order valence-corrected chi connectivity index (χ0v) is 12.3. The lowest BCUT2D eigenvalue weighted by atomic mass is 9.99. The van der Waals surface area contributed by atoms with E-state index >= 15 is 0 Å². The minimum atomic E-state index is -0.0348. The molecule has 1 heterocycles. The molecule has 0 saturated heterocycles. The van der Waals surface area contributed by atoms with Crippen molar-refractivity contribution in [3.05, 3.63) is 28.0 Å². The Balaban J connectivity index is 2.14. The summed E-state index contributed by atoms with van der Waals surface area (Å²) in [5, 5.41) is 4.40. The van der Waals surface area contributed by atoms with E-state index in [4.69, 9.17) is 5.73 Å². The van der Waals surface area contributed by atoms with Gasteiger partial charge < -0.3 is 5.73 Å². The average Bonchev–Trinajstić information content (AvgIpc) is 2.88. The van der Waals surface area contributed by atoms with Gasteiger partial charge in [-0.05, 0) is 36.2 Å². The molecule has 0 aromatic carbocycles. The lowest BCUT2D eigenvalue weighted by Crippen LogP contribution is -2.21. The number of nitrogens with two attached hydrogens (primary N) is 1. The van der Waals surface area contributed by atoms with Crippen LogP contribution in [-0.4, -0.2) is 21.6 Å². The lowest BCUT2D eigenvalue weighted by Gasteiger charge is -2.09. The van der Waals surface area contributed by atoms with Crippen molar-refractivity contribution >= 4 is 21.7 Å². The summed E-state index contributed by atoms with van der Waals surface area (Å²) < 4.78 is 2.83. The molecule has 98 valence electrons. The van der Waals surface area contributed by atoms with E-state index in [2.05, 4.69) is 21.0 Å². The molecule has 5 heteroatoms. The smallest absolute Gasteiger partial charge is 0.145 e. The summed E-state index contributed by atoms with van der Waals surface area (Å²) in [5.41, 5.74) is 7.68. The molecule has 2 unspecified atom stereocenters. The normalized spacial score (nSPS) is 22.7. The number of ketones is 1. The van der Waals surface area contributed by atoms with Crippen LogP contribution in [0.25, 0.3) is 0 Å². The second-order valence-electron chi connectivity index (χ2n) is 4.70. The number of aryl methyl sites for hydroxylation is 2. The highest BCUT2D eigenvalue weighted by molar-refractivity contribution is 9.10. The van der Waals surface area contributed by atoms with Gasteiger partial charge in [-0.3, -0.25) is 9.48 Å². The summed E-state index contributed by atoms with van der Waals surface area (Å²) in [6.45, 7) is 4.74. The highest BCUT2D eigenvalue weighted by Gasteiger charge is 2.25. The minimum Gasteiger partial charge on any atom is -0.324 e. The van der Waals surface area contributed by atoms with Gasteiger partial charge in [-0.1, -0.05) is 12.2 Å². The van der Waals surface area contributed by atoms with Crippen LogP contribution in [-0.2, 0) is 17.8 Å². The van der Waals surface area contributed by atoms with Gasteiger partial charge >= 0.3 is 0 Å². The molecule has 1 aliphatic carbocycles. The first-order valence-corrected chi connectivity index (χ1v) is 7.00. The maximum Gasteiger partial charge on any atom is 0.145 e. The van der Waals surface area contributed by atoms with Crippen molar-refractivity contribution in [2.24, 2.45) is 11.7 Å². The van der Waals surface area contributed by atoms with E-state index in [-0.39, 0.29) is 17.7 Å². The second-order valence-corrected chi connectivity index (χ2v) is 5.49. The number of Topliss-reactive ketones (excluding diaryl/α,β-unsaturated/α-hetero) is 1. The van der Waals surface area contributed by atoms with Gasteiger partial charge in [0.2, 0.25) is 0 Å². The van der Waals surface area contributed by atoms with E-state index in [9.17, 15) is 4.79 Å². The number of carbonyl (C=O) groups excluding carboxylic acids is 1. The Hall–Kier alpha value is -0.940. The largest absolute Gasteiger partial charge is 0.324 e. The molecule has 0 fully saturated rings. The van der Waals surface area contributed by atoms with Crippen LogP contribution in [0.5, 0.6) is 0 Å². The molecule has 4 nitrogen and oxygen atoms in total. The molecule has 1 aromatic heterocycles. The first-order chi connectivity index (χ1) is 8.52. The number of carbonyl (C=O) groups is 1. The van der Waals surface area contributed by atoms with E-state index in [1.807, 2.05) is 30.7 Å². The fourth-order valence-electron chi connectivity index (χ4n) is 2.30. The zero-order valence-electron chi connectivity index (χ0n) is 10.7. The topological polar surface area (TPSA) is 60.9 Å². The van der Waals surface area contributed by atoms with Crippen molar-refractivity contribution in [2.75, 3.05) is 0 Å². The Bertz CT molecular complexity index is 493. The van der Waals surface area contributed by atoms with Crippen LogP contribution in [0.2, 0.25) is 0 Å². The summed E-state index contributed by atoms with van der Waals surface area (Å²) in [6.07, 6.45) is 4.99. The summed E-state index contributed by atoms with van der Waals surface area (Å²) in [7, 11) is 0. The van der Waals surface area contributed by atoms with Gasteiger partial charge in [-0.25, -0.2) is 0 Å². The second kappa shape index (κ2) is 5.36. The molecule has 0 aliphatic heterocycles. The summed E-state index contributed by atoms with van der Waals surface area (Å²) in [6, 6.07) is 0.0280. The van der Waals surface area contributed by atoms with Gasteiger partial charge in [-0.2, -0.15) is 5.10 Å². The van der Waals surface area contributed by atoms with Crippen LogP contribution < -0.4 is 5.73 Å². The Morgan fingerprint density at radius 2 is 2.33 bits per heavy atom. The van der Waals surface area contributed by atoms with Gasteiger partial charge in [0, 0.05) is 18.5 Å². The molecular formula is C13H18BrN3O. The Morgan fingerprint density at radius 1 is 1.61 bits per heavy atom. The molecule has 1 aliphatic rings. The van der Waals surface area contributed by atoms with E-state index in [1.54, 1.807) is 0 Å². The molecule has 2 rings (SSSR count). The quantitative estimate of drug-likeness (QED) is 0.865. The molecule has 1 aromatic rings. The fourth-order valence-corrected chi connectivity index (χ4v) is 2.72. The summed E-state index contributed by atoms with van der Waals surface area (Å²) >= 11 is 3.51. The number of allylic oxidation sites excluding steroid dienone is 1. The Kier molecular flexibility index (Phi) is 4.02. The van der Waals surface area contributed by atoms with Gasteiger partial charge in [0.05, 0.1) is 22.3 Å². The Morgan fingerprint density at radius 3 is 2.89 bits per heavy atom. The molecule has 0 radical (unpaired) electrons. The van der Waals surface area contributed by atoms with E-state index in [0.29, 0.717) is 6.42 Å². The summed E-state index contributed by atoms with van der Waals surface area (Å²) in [5.74, 6) is 0.182. The molecule has 0 bridgehead atoms. The average molecular weight is 312 g/mol. The number of nitrogens with zero attached hydrogens (tertiary/aromatic N) is 2. The van der Waals surface area contributed by atoms with Crippen molar-refractivity contribution < 1.29 is 4.79 Å². The Labute approximate surface area is 115 Å². The predicted molar refractivity (Wildman–Crippen MR) is 74.3 cm³/mol. The van der Waals surface area contributed by atoms with E-state index < -0.39 is 0 Å². The zero-order chi connectivity index (χ0) is 13.3. The summed E-state index contributed by atoms with van der Waals surface area (Å²) in [4.78, 5) is 12.2. The van der Waals surface area contributed by atoms with Gasteiger partial charge in [0.15, 0.2) is 0 Å². The van der Waals surface area contributed by atoms with Crippen molar-refractivity contribution in [1.82, 2.24) is 9.78 Å². The first kappa shape index (κ1) is 13.5. The molecule has 18 heavy (non-hydrogen) atoms. The van der Waals surface area contributed by atoms with Gasteiger partial charge in [0.1, 0.15) is 5.78 Å². The number of halogens is 1. The van der Waals surface area contributed by atoms with Crippen molar-refractivity contribution in [3.63, 3.8) is 0 Å². The van der Waals surface area contributed by atoms with Crippen molar-refractivity contribution in [3.8, 4) is 0 Å². The number of hydrogen-bond donors (Lipinski definition) is 1. The third kappa shape index (κ3) is 2.57. The number of rotatable bonds is 4. The van der Waals surface area contributed by atoms with E-state index in [1.165, 1.54) is 0 Å². The highest BCUT2D eigenvalue weighted by Crippen LogP contribution is 2.25. The van der Waals surface area contributed by atoms with Gasteiger partial charge in [0.25, 0.3) is 0 Å². The molecule has 2 atom stereocenters. The van der Waals surface area contributed by atoms with Crippen LogP contribution in [0, 0.1) is 12.8 Å². The monoisotopic (exact) mass is 311 g/mol. The van der Waals surface area contributed by atoms with Crippen molar-refractivity contribution in [1.29, 1.82) is 0 Å². The van der Waals surface area contributed by atoms with Crippen LogP contribution in [0.15, 0.2) is 16.6 Å². The lowest BCUT2D eigenvalue weighted by molar-refractivity contribution is -0.121. The van der Waals surface area contributed by atoms with Crippen molar-refractivity contribution in [2.45, 2.75) is 39.3 Å². The van der Waals surface area contributed by atoms with Crippen LogP contribution in [0.1, 0.15) is 24.7 Å². The fraction of sp³-hybridized carbons (Fsp3) is 0.538. The predicted octanol–water partition coefficient (Wildman–Crippen LogP) is 1.99. The first-order valence-electron chi connectivity index (χ1n) is 6.21.